The number of amides is 2. The maximum Gasteiger partial charge on any atom is 0.252 e. The third kappa shape index (κ3) is 2.58. The highest BCUT2D eigenvalue weighted by Gasteiger charge is 2.29. The van der Waals surface area contributed by atoms with Gasteiger partial charge < -0.3 is 15.8 Å². The minimum Gasteiger partial charge on any atom is -0.495 e. The zero-order valence-electron chi connectivity index (χ0n) is 12.7. The predicted octanol–water partition coefficient (Wildman–Crippen LogP) is 3.23. The van der Waals surface area contributed by atoms with Crippen molar-refractivity contribution in [1.29, 1.82) is 0 Å². The fourth-order valence-electron chi connectivity index (χ4n) is 2.89. The Labute approximate surface area is 142 Å². The zero-order valence-corrected chi connectivity index (χ0v) is 14.2. The number of carbonyl (C=O) groups is 2. The van der Waals surface area contributed by atoms with Gasteiger partial charge in [0.15, 0.2) is 0 Å². The molecule has 1 aromatic carbocycles. The molecule has 0 saturated carbocycles. The maximum atomic E-state index is 11.8. The van der Waals surface area contributed by atoms with E-state index < -0.39 is 5.91 Å². The lowest BCUT2D eigenvalue weighted by atomic mass is 9.89. The molecular formula is C16H15ClN2O3S. The van der Waals surface area contributed by atoms with Crippen LogP contribution in [0.5, 0.6) is 5.75 Å². The molecule has 2 aromatic rings. The second-order valence-electron chi connectivity index (χ2n) is 5.27. The summed E-state index contributed by atoms with van der Waals surface area (Å²) in [7, 11) is 1.58. The topological polar surface area (TPSA) is 81.4 Å². The predicted molar refractivity (Wildman–Crippen MR) is 91.5 cm³/mol. The van der Waals surface area contributed by atoms with Gasteiger partial charge in [0.05, 0.1) is 17.7 Å². The number of fused-ring (bicyclic) bond motifs is 3. The van der Waals surface area contributed by atoms with Crippen molar-refractivity contribution in [3.05, 3.63) is 33.8 Å². The fourth-order valence-corrected chi connectivity index (χ4v) is 4.58. The average Bonchev–Trinajstić information content (AvgIpc) is 2.85. The Morgan fingerprint density at radius 2 is 2.00 bits per heavy atom. The molecule has 120 valence electrons. The van der Waals surface area contributed by atoms with Gasteiger partial charge in [-0.15, -0.1) is 11.3 Å². The first-order valence-electron chi connectivity index (χ1n) is 7.02. The van der Waals surface area contributed by atoms with E-state index in [1.165, 1.54) is 18.3 Å². The molecule has 1 aromatic heterocycles. The lowest BCUT2D eigenvalue weighted by Crippen LogP contribution is -2.17. The molecule has 1 heterocycles. The highest BCUT2D eigenvalue weighted by Crippen LogP contribution is 2.48. The molecule has 5 nitrogen and oxygen atoms in total. The SMILES string of the molecule is COc1ccc2c(c1Cl)CCc1c-2sc(NC(C)=O)c1C(N)=O. The van der Waals surface area contributed by atoms with Crippen LogP contribution in [0.25, 0.3) is 10.4 Å². The van der Waals surface area contributed by atoms with Gasteiger partial charge in [-0.1, -0.05) is 11.6 Å². The van der Waals surface area contributed by atoms with E-state index in [4.69, 9.17) is 22.1 Å². The number of carbonyl (C=O) groups excluding carboxylic acids is 2. The van der Waals surface area contributed by atoms with Crippen molar-refractivity contribution in [3.63, 3.8) is 0 Å². The molecule has 0 unspecified atom stereocenters. The molecular weight excluding hydrogens is 336 g/mol. The lowest BCUT2D eigenvalue weighted by Gasteiger charge is -2.19. The van der Waals surface area contributed by atoms with E-state index in [1.807, 2.05) is 6.07 Å². The molecule has 0 radical (unpaired) electrons. The molecule has 3 N–H and O–H groups in total. The Hall–Kier alpha value is -2.05. The Bertz CT molecular complexity index is 829. The third-order valence-corrected chi connectivity index (χ3v) is 5.44. The Morgan fingerprint density at radius 3 is 2.61 bits per heavy atom. The van der Waals surface area contributed by atoms with E-state index in [9.17, 15) is 9.59 Å². The van der Waals surface area contributed by atoms with E-state index in [0.29, 0.717) is 34.2 Å². The van der Waals surface area contributed by atoms with Crippen LogP contribution in [0.3, 0.4) is 0 Å². The number of thiophene rings is 1. The van der Waals surface area contributed by atoms with Gasteiger partial charge in [0.2, 0.25) is 5.91 Å². The largest absolute Gasteiger partial charge is 0.495 e. The summed E-state index contributed by atoms with van der Waals surface area (Å²) in [6.07, 6.45) is 1.33. The first-order chi connectivity index (χ1) is 10.9. The summed E-state index contributed by atoms with van der Waals surface area (Å²) in [5, 5.41) is 3.78. The molecule has 3 rings (SSSR count). The quantitative estimate of drug-likeness (QED) is 0.891. The molecule has 0 spiro atoms. The minimum absolute atomic E-state index is 0.237. The molecule has 1 aliphatic rings. The van der Waals surface area contributed by atoms with Crippen LogP contribution in [-0.2, 0) is 17.6 Å². The molecule has 0 fully saturated rings. The van der Waals surface area contributed by atoms with Crippen LogP contribution in [0.1, 0.15) is 28.4 Å². The number of ether oxygens (including phenoxy) is 1. The lowest BCUT2D eigenvalue weighted by molar-refractivity contribution is -0.114. The number of methoxy groups -OCH3 is 1. The van der Waals surface area contributed by atoms with Gasteiger partial charge in [-0.2, -0.15) is 0 Å². The van der Waals surface area contributed by atoms with E-state index >= 15 is 0 Å². The molecule has 2 amide bonds. The van der Waals surface area contributed by atoms with Crippen LogP contribution in [0.2, 0.25) is 5.02 Å². The van der Waals surface area contributed by atoms with Crippen molar-refractivity contribution in [1.82, 2.24) is 0 Å². The normalized spacial score (nSPS) is 12.3. The monoisotopic (exact) mass is 350 g/mol. The van der Waals surface area contributed by atoms with Crippen molar-refractivity contribution in [2.45, 2.75) is 19.8 Å². The maximum absolute atomic E-state index is 11.8. The number of hydrogen-bond acceptors (Lipinski definition) is 4. The van der Waals surface area contributed by atoms with Crippen LogP contribution in [-0.4, -0.2) is 18.9 Å². The summed E-state index contributed by atoms with van der Waals surface area (Å²) in [6, 6.07) is 3.73. The summed E-state index contributed by atoms with van der Waals surface area (Å²) < 4.78 is 5.26. The Morgan fingerprint density at radius 1 is 1.30 bits per heavy atom. The van der Waals surface area contributed by atoms with Crippen LogP contribution in [0.4, 0.5) is 5.00 Å². The standard InChI is InChI=1S/C16H15ClN2O3S/c1-7(20)19-16-12(15(18)21)10-4-3-8-9(14(10)23-16)5-6-11(22-2)13(8)17/h5-6H,3-4H2,1-2H3,(H2,18,21)(H,19,20). The van der Waals surface area contributed by atoms with Crippen LogP contribution in [0.15, 0.2) is 12.1 Å². The smallest absolute Gasteiger partial charge is 0.252 e. The molecule has 23 heavy (non-hydrogen) atoms. The van der Waals surface area contributed by atoms with E-state index in [0.717, 1.165) is 21.6 Å². The Kier molecular flexibility index (Phi) is 4.04. The van der Waals surface area contributed by atoms with Crippen molar-refractivity contribution >= 4 is 39.8 Å². The number of hydrogen-bond donors (Lipinski definition) is 2. The van der Waals surface area contributed by atoms with E-state index in [2.05, 4.69) is 5.32 Å². The highest BCUT2D eigenvalue weighted by atomic mass is 35.5. The fraction of sp³-hybridized carbons (Fsp3) is 0.250. The summed E-state index contributed by atoms with van der Waals surface area (Å²) in [5.74, 6) is -0.143. The van der Waals surface area contributed by atoms with Crippen LogP contribution >= 0.6 is 22.9 Å². The third-order valence-electron chi connectivity index (χ3n) is 3.84. The minimum atomic E-state index is -0.533. The van der Waals surface area contributed by atoms with Crippen molar-refractivity contribution in [2.24, 2.45) is 5.73 Å². The summed E-state index contributed by atoms with van der Waals surface area (Å²) in [5.41, 5.74) is 8.75. The van der Waals surface area contributed by atoms with Gasteiger partial charge in [0.1, 0.15) is 10.8 Å². The number of anilines is 1. The van der Waals surface area contributed by atoms with E-state index in [-0.39, 0.29) is 5.91 Å². The molecule has 1 aliphatic carbocycles. The first-order valence-corrected chi connectivity index (χ1v) is 8.22. The summed E-state index contributed by atoms with van der Waals surface area (Å²) in [6.45, 7) is 1.40. The van der Waals surface area contributed by atoms with E-state index in [1.54, 1.807) is 13.2 Å². The number of nitrogens with two attached hydrogens (primary N) is 1. The van der Waals surface area contributed by atoms with Gasteiger partial charge in [0, 0.05) is 11.8 Å². The number of benzene rings is 1. The molecule has 0 atom stereocenters. The zero-order chi connectivity index (χ0) is 16.7. The molecule has 7 heteroatoms. The second kappa shape index (κ2) is 5.86. The van der Waals surface area contributed by atoms with Crippen LogP contribution < -0.4 is 15.8 Å². The average molecular weight is 351 g/mol. The van der Waals surface area contributed by atoms with Gasteiger partial charge in [0.25, 0.3) is 5.91 Å². The van der Waals surface area contributed by atoms with Gasteiger partial charge >= 0.3 is 0 Å². The highest BCUT2D eigenvalue weighted by molar-refractivity contribution is 7.20. The molecule has 0 bridgehead atoms. The number of rotatable bonds is 3. The summed E-state index contributed by atoms with van der Waals surface area (Å²) >= 11 is 7.76. The Balaban J connectivity index is 2.22. The second-order valence-corrected chi connectivity index (χ2v) is 6.67. The van der Waals surface area contributed by atoms with Crippen molar-refractivity contribution in [2.75, 3.05) is 12.4 Å². The van der Waals surface area contributed by atoms with Crippen LogP contribution in [0, 0.1) is 0 Å². The molecule has 0 saturated heterocycles. The van der Waals surface area contributed by atoms with Gasteiger partial charge in [-0.05, 0) is 41.7 Å². The number of nitrogens with one attached hydrogen (secondary N) is 1. The van der Waals surface area contributed by atoms with Gasteiger partial charge in [-0.3, -0.25) is 9.59 Å². The first kappa shape index (κ1) is 15.8. The van der Waals surface area contributed by atoms with Gasteiger partial charge in [-0.25, -0.2) is 0 Å². The molecule has 0 aliphatic heterocycles. The van der Waals surface area contributed by atoms with Crippen molar-refractivity contribution in [3.8, 4) is 16.2 Å². The summed E-state index contributed by atoms with van der Waals surface area (Å²) in [4.78, 5) is 24.2. The number of halogens is 1. The number of primary amides is 1. The van der Waals surface area contributed by atoms with Crippen molar-refractivity contribution < 1.29 is 14.3 Å².